The Morgan fingerprint density at radius 3 is 2.67 bits per heavy atom. The Kier molecular flexibility index (Phi) is 10.3. The number of aliphatic carboxylic acids is 1. The second-order valence-corrected chi connectivity index (χ2v) is 6.74. The minimum Gasteiger partial charge on any atom is -0.481 e. The minimum absolute atomic E-state index is 0.0106. The highest BCUT2D eigenvalue weighted by Gasteiger charge is 2.27. The Labute approximate surface area is 145 Å². The molecular formula is C20H32O4. The molecule has 4 heteroatoms. The maximum atomic E-state index is 12.0. The summed E-state index contributed by atoms with van der Waals surface area (Å²) in [6, 6.07) is 0. The molecule has 0 saturated heterocycles. The van der Waals surface area contributed by atoms with Crippen molar-refractivity contribution in [1.29, 1.82) is 0 Å². The summed E-state index contributed by atoms with van der Waals surface area (Å²) >= 11 is 0. The van der Waals surface area contributed by atoms with Crippen LogP contribution in [0.3, 0.4) is 0 Å². The number of unbranched alkanes of at least 4 members (excludes halogenated alkanes) is 5. The van der Waals surface area contributed by atoms with Crippen LogP contribution in [0, 0.1) is 11.8 Å². The number of carboxylic acids is 1. The van der Waals surface area contributed by atoms with Crippen LogP contribution >= 0.6 is 0 Å². The molecule has 2 N–H and O–H groups in total. The van der Waals surface area contributed by atoms with E-state index in [1.165, 1.54) is 0 Å². The lowest BCUT2D eigenvalue weighted by Gasteiger charge is -2.15. The lowest BCUT2D eigenvalue weighted by Crippen LogP contribution is -2.15. The molecule has 0 aromatic carbocycles. The normalized spacial score (nSPS) is 21.7. The third-order valence-corrected chi connectivity index (χ3v) is 4.63. The van der Waals surface area contributed by atoms with Gasteiger partial charge in [-0.1, -0.05) is 63.7 Å². The van der Waals surface area contributed by atoms with Gasteiger partial charge in [-0.05, 0) is 25.3 Å². The number of ketones is 1. The summed E-state index contributed by atoms with van der Waals surface area (Å²) in [6.07, 6.45) is 15.7. The highest BCUT2D eigenvalue weighted by molar-refractivity contribution is 5.94. The van der Waals surface area contributed by atoms with Gasteiger partial charge in [0.05, 0.1) is 6.10 Å². The van der Waals surface area contributed by atoms with Gasteiger partial charge in [-0.15, -0.1) is 0 Å². The molecule has 136 valence electrons. The van der Waals surface area contributed by atoms with Gasteiger partial charge in [-0.3, -0.25) is 9.59 Å². The first-order valence-electron chi connectivity index (χ1n) is 9.34. The maximum Gasteiger partial charge on any atom is 0.303 e. The van der Waals surface area contributed by atoms with Crippen LogP contribution in [0.15, 0.2) is 24.3 Å². The smallest absolute Gasteiger partial charge is 0.303 e. The number of aliphatic hydroxyl groups is 1. The summed E-state index contributed by atoms with van der Waals surface area (Å²) in [5.41, 5.74) is 0. The van der Waals surface area contributed by atoms with Crippen molar-refractivity contribution in [3.63, 3.8) is 0 Å². The standard InChI is InChI=1S/C20H32O4/c1-2-3-6-9-17(21)14-12-16-13-15-19(22)18(16)10-7-4-5-8-11-20(23)24/h12-18,21H,2-11H2,1H3,(H,23,24)/b14-12+/t16-,17+,18+/m1/s1. The van der Waals surface area contributed by atoms with Gasteiger partial charge in [0.1, 0.15) is 0 Å². The first-order chi connectivity index (χ1) is 11.5. The molecule has 0 spiro atoms. The minimum atomic E-state index is -0.743. The molecule has 1 aliphatic rings. The molecule has 0 amide bonds. The van der Waals surface area contributed by atoms with Gasteiger partial charge in [0.2, 0.25) is 0 Å². The zero-order valence-corrected chi connectivity index (χ0v) is 14.8. The molecular weight excluding hydrogens is 304 g/mol. The summed E-state index contributed by atoms with van der Waals surface area (Å²) in [6.45, 7) is 2.14. The molecule has 0 saturated carbocycles. The molecule has 0 aliphatic heterocycles. The quantitative estimate of drug-likeness (QED) is 0.389. The molecule has 0 aromatic heterocycles. The van der Waals surface area contributed by atoms with Crippen LogP contribution in [0.1, 0.15) is 71.1 Å². The van der Waals surface area contributed by atoms with E-state index in [0.717, 1.165) is 51.4 Å². The van der Waals surface area contributed by atoms with Crippen LogP contribution in [0.2, 0.25) is 0 Å². The van der Waals surface area contributed by atoms with Gasteiger partial charge in [0.25, 0.3) is 0 Å². The van der Waals surface area contributed by atoms with Crippen molar-refractivity contribution in [1.82, 2.24) is 0 Å². The number of allylic oxidation sites excluding steroid dienone is 3. The monoisotopic (exact) mass is 336 g/mol. The molecule has 0 bridgehead atoms. The van der Waals surface area contributed by atoms with E-state index in [1.807, 2.05) is 18.2 Å². The topological polar surface area (TPSA) is 74.6 Å². The zero-order valence-electron chi connectivity index (χ0n) is 14.8. The molecule has 0 aromatic rings. The number of carbonyl (C=O) groups excluding carboxylic acids is 1. The number of rotatable bonds is 13. The predicted octanol–water partition coefficient (Wildman–Crippen LogP) is 4.28. The van der Waals surface area contributed by atoms with Crippen LogP contribution in [-0.2, 0) is 9.59 Å². The van der Waals surface area contributed by atoms with Crippen molar-refractivity contribution in [2.24, 2.45) is 11.8 Å². The molecule has 0 radical (unpaired) electrons. The number of carboxylic acid groups (broad SMARTS) is 1. The highest BCUT2D eigenvalue weighted by atomic mass is 16.4. The lowest BCUT2D eigenvalue weighted by molar-refractivity contribution is -0.137. The van der Waals surface area contributed by atoms with Gasteiger partial charge in [-0.25, -0.2) is 0 Å². The SMILES string of the molecule is CCCCC[C@H](O)/C=C/[C@@H]1C=CC(=O)[C@H]1CCCCCCC(=O)O. The average Bonchev–Trinajstić information content (AvgIpc) is 2.89. The van der Waals surface area contributed by atoms with E-state index in [0.29, 0.717) is 6.42 Å². The summed E-state index contributed by atoms with van der Waals surface area (Å²) in [5, 5.41) is 18.6. The van der Waals surface area contributed by atoms with Crippen molar-refractivity contribution in [2.45, 2.75) is 77.2 Å². The van der Waals surface area contributed by atoms with E-state index >= 15 is 0 Å². The molecule has 1 aliphatic carbocycles. The molecule has 0 unspecified atom stereocenters. The first kappa shape index (κ1) is 20.6. The third-order valence-electron chi connectivity index (χ3n) is 4.63. The summed E-state index contributed by atoms with van der Waals surface area (Å²) in [7, 11) is 0. The Balaban J connectivity index is 2.29. The largest absolute Gasteiger partial charge is 0.481 e. The number of hydrogen-bond donors (Lipinski definition) is 2. The Hall–Kier alpha value is -1.42. The Morgan fingerprint density at radius 2 is 1.96 bits per heavy atom. The Bertz CT molecular complexity index is 439. The summed E-state index contributed by atoms with van der Waals surface area (Å²) < 4.78 is 0. The van der Waals surface area contributed by atoms with E-state index in [9.17, 15) is 14.7 Å². The summed E-state index contributed by atoms with van der Waals surface area (Å²) in [5.74, 6) is -0.482. The van der Waals surface area contributed by atoms with E-state index in [-0.39, 0.29) is 24.0 Å². The van der Waals surface area contributed by atoms with Crippen molar-refractivity contribution in [2.75, 3.05) is 0 Å². The lowest BCUT2D eigenvalue weighted by atomic mass is 9.88. The van der Waals surface area contributed by atoms with E-state index in [4.69, 9.17) is 5.11 Å². The highest BCUT2D eigenvalue weighted by Crippen LogP contribution is 2.29. The van der Waals surface area contributed by atoms with Crippen LogP contribution in [0.4, 0.5) is 0 Å². The van der Waals surface area contributed by atoms with Gasteiger partial charge < -0.3 is 10.2 Å². The van der Waals surface area contributed by atoms with Crippen LogP contribution < -0.4 is 0 Å². The molecule has 4 nitrogen and oxygen atoms in total. The fourth-order valence-corrected chi connectivity index (χ4v) is 3.14. The Morgan fingerprint density at radius 1 is 1.21 bits per heavy atom. The second kappa shape index (κ2) is 12.0. The number of aliphatic hydroxyl groups excluding tert-OH is 1. The van der Waals surface area contributed by atoms with Crippen molar-refractivity contribution >= 4 is 11.8 Å². The molecule has 0 heterocycles. The van der Waals surface area contributed by atoms with Crippen molar-refractivity contribution in [3.05, 3.63) is 24.3 Å². The fraction of sp³-hybridized carbons (Fsp3) is 0.700. The molecule has 24 heavy (non-hydrogen) atoms. The molecule has 3 atom stereocenters. The average molecular weight is 336 g/mol. The van der Waals surface area contributed by atoms with Crippen LogP contribution in [0.25, 0.3) is 0 Å². The van der Waals surface area contributed by atoms with E-state index in [2.05, 4.69) is 6.92 Å². The van der Waals surface area contributed by atoms with Gasteiger partial charge in [0.15, 0.2) is 5.78 Å². The second-order valence-electron chi connectivity index (χ2n) is 6.74. The molecule has 1 rings (SSSR count). The number of carbonyl (C=O) groups is 2. The van der Waals surface area contributed by atoms with Crippen molar-refractivity contribution in [3.8, 4) is 0 Å². The van der Waals surface area contributed by atoms with Crippen LogP contribution in [0.5, 0.6) is 0 Å². The van der Waals surface area contributed by atoms with E-state index < -0.39 is 12.1 Å². The van der Waals surface area contributed by atoms with Gasteiger partial charge in [-0.2, -0.15) is 0 Å². The first-order valence-corrected chi connectivity index (χ1v) is 9.34. The van der Waals surface area contributed by atoms with Gasteiger partial charge >= 0.3 is 5.97 Å². The molecule has 0 fully saturated rings. The fourth-order valence-electron chi connectivity index (χ4n) is 3.14. The predicted molar refractivity (Wildman–Crippen MR) is 95.8 cm³/mol. The maximum absolute atomic E-state index is 12.0. The van der Waals surface area contributed by atoms with E-state index in [1.54, 1.807) is 6.08 Å². The van der Waals surface area contributed by atoms with Crippen LogP contribution in [-0.4, -0.2) is 28.1 Å². The summed E-state index contributed by atoms with van der Waals surface area (Å²) in [4.78, 5) is 22.4. The number of hydrogen-bond acceptors (Lipinski definition) is 3. The third kappa shape index (κ3) is 8.44. The zero-order chi connectivity index (χ0) is 17.8. The van der Waals surface area contributed by atoms with Crippen molar-refractivity contribution < 1.29 is 19.8 Å². The van der Waals surface area contributed by atoms with Gasteiger partial charge in [0, 0.05) is 18.3 Å².